The molecule has 0 N–H and O–H groups in total. The third-order valence-electron chi connectivity index (χ3n) is 3.17. The number of hydrogen-bond donors (Lipinski definition) is 0. The molecule has 4 heteroatoms. The van der Waals surface area contributed by atoms with E-state index in [9.17, 15) is 9.18 Å². The Balaban J connectivity index is 1.89. The molecule has 0 aliphatic heterocycles. The van der Waals surface area contributed by atoms with Gasteiger partial charge in [0.25, 0.3) is 0 Å². The number of hydrogen-bond acceptors (Lipinski definition) is 2. The Labute approximate surface area is 129 Å². The Hall–Kier alpha value is -1.81. The molecular formula is C17H18FNOS. The number of amides is 1. The van der Waals surface area contributed by atoms with Crippen molar-refractivity contribution in [2.45, 2.75) is 18.2 Å². The highest BCUT2D eigenvalue weighted by atomic mass is 32.2. The number of carbonyl (C=O) groups is 1. The molecule has 0 saturated heterocycles. The van der Waals surface area contributed by atoms with Gasteiger partial charge in [-0.05, 0) is 36.8 Å². The zero-order chi connectivity index (χ0) is 15.2. The molecule has 2 aromatic rings. The van der Waals surface area contributed by atoms with Gasteiger partial charge in [0.05, 0.1) is 0 Å². The highest BCUT2D eigenvalue weighted by molar-refractivity contribution is 7.99. The second-order valence-electron chi connectivity index (χ2n) is 4.82. The molecule has 0 aliphatic carbocycles. The van der Waals surface area contributed by atoms with Gasteiger partial charge in [-0.2, -0.15) is 0 Å². The standard InChI is InChI=1S/C17H18FNOS/c1-13-6-5-7-14(12-13)19(2)17(20)10-11-21-16-9-4-3-8-15(16)18/h3-9,12H,10-11H2,1-2H3. The van der Waals surface area contributed by atoms with Gasteiger partial charge in [0, 0.05) is 29.8 Å². The first-order valence-corrected chi connectivity index (χ1v) is 7.77. The van der Waals surface area contributed by atoms with Crippen molar-refractivity contribution in [2.24, 2.45) is 0 Å². The van der Waals surface area contributed by atoms with Crippen LogP contribution in [-0.2, 0) is 4.79 Å². The van der Waals surface area contributed by atoms with E-state index in [0.717, 1.165) is 11.3 Å². The zero-order valence-corrected chi connectivity index (χ0v) is 13.0. The number of benzene rings is 2. The fraction of sp³-hybridized carbons (Fsp3) is 0.235. The summed E-state index contributed by atoms with van der Waals surface area (Å²) in [5.41, 5.74) is 2.00. The summed E-state index contributed by atoms with van der Waals surface area (Å²) in [5, 5.41) is 0. The monoisotopic (exact) mass is 303 g/mol. The van der Waals surface area contributed by atoms with Crippen molar-refractivity contribution in [3.63, 3.8) is 0 Å². The molecular weight excluding hydrogens is 285 g/mol. The molecule has 0 saturated carbocycles. The van der Waals surface area contributed by atoms with Crippen LogP contribution in [0.4, 0.5) is 10.1 Å². The van der Waals surface area contributed by atoms with Crippen LogP contribution in [0.5, 0.6) is 0 Å². The first-order chi connectivity index (χ1) is 10.1. The van der Waals surface area contributed by atoms with Gasteiger partial charge in [0.15, 0.2) is 0 Å². The van der Waals surface area contributed by atoms with E-state index >= 15 is 0 Å². The molecule has 2 aromatic carbocycles. The molecule has 0 fully saturated rings. The molecule has 0 spiro atoms. The number of anilines is 1. The number of carbonyl (C=O) groups excluding carboxylic acids is 1. The number of aryl methyl sites for hydroxylation is 1. The van der Waals surface area contributed by atoms with Gasteiger partial charge in [-0.25, -0.2) is 4.39 Å². The Morgan fingerprint density at radius 2 is 1.95 bits per heavy atom. The average Bonchev–Trinajstić information content (AvgIpc) is 2.48. The fourth-order valence-corrected chi connectivity index (χ4v) is 2.84. The Morgan fingerprint density at radius 3 is 2.67 bits per heavy atom. The van der Waals surface area contributed by atoms with Gasteiger partial charge < -0.3 is 4.90 Å². The summed E-state index contributed by atoms with van der Waals surface area (Å²) in [5.74, 6) is 0.363. The summed E-state index contributed by atoms with van der Waals surface area (Å²) in [6.45, 7) is 2.00. The molecule has 0 atom stereocenters. The van der Waals surface area contributed by atoms with Crippen LogP contribution in [0.3, 0.4) is 0 Å². The lowest BCUT2D eigenvalue weighted by atomic mass is 10.2. The van der Waals surface area contributed by atoms with Crippen LogP contribution in [0.25, 0.3) is 0 Å². The minimum Gasteiger partial charge on any atom is -0.315 e. The second kappa shape index (κ2) is 7.27. The quantitative estimate of drug-likeness (QED) is 0.768. The highest BCUT2D eigenvalue weighted by Gasteiger charge is 2.11. The smallest absolute Gasteiger partial charge is 0.227 e. The van der Waals surface area contributed by atoms with E-state index in [4.69, 9.17) is 0 Å². The van der Waals surface area contributed by atoms with E-state index in [1.165, 1.54) is 17.8 Å². The van der Waals surface area contributed by atoms with Crippen LogP contribution in [0.15, 0.2) is 53.4 Å². The van der Waals surface area contributed by atoms with Crippen molar-refractivity contribution < 1.29 is 9.18 Å². The summed E-state index contributed by atoms with van der Waals surface area (Å²) < 4.78 is 13.5. The van der Waals surface area contributed by atoms with Gasteiger partial charge in [0.2, 0.25) is 5.91 Å². The van der Waals surface area contributed by atoms with Crippen molar-refractivity contribution >= 4 is 23.4 Å². The lowest BCUT2D eigenvalue weighted by Crippen LogP contribution is -2.26. The zero-order valence-electron chi connectivity index (χ0n) is 12.2. The molecule has 2 rings (SSSR count). The number of rotatable bonds is 5. The topological polar surface area (TPSA) is 20.3 Å². The van der Waals surface area contributed by atoms with Gasteiger partial charge in [0.1, 0.15) is 5.82 Å². The third kappa shape index (κ3) is 4.33. The van der Waals surface area contributed by atoms with Crippen molar-refractivity contribution in [3.05, 3.63) is 59.9 Å². The summed E-state index contributed by atoms with van der Waals surface area (Å²) in [7, 11) is 1.77. The van der Waals surface area contributed by atoms with E-state index < -0.39 is 0 Å². The van der Waals surface area contributed by atoms with Gasteiger partial charge in [-0.1, -0.05) is 24.3 Å². The van der Waals surface area contributed by atoms with Gasteiger partial charge in [-0.3, -0.25) is 4.79 Å². The van der Waals surface area contributed by atoms with Crippen LogP contribution in [0.2, 0.25) is 0 Å². The summed E-state index contributed by atoms with van der Waals surface area (Å²) in [6.07, 6.45) is 0.378. The number of nitrogens with zero attached hydrogens (tertiary/aromatic N) is 1. The van der Waals surface area contributed by atoms with Crippen LogP contribution in [-0.4, -0.2) is 18.7 Å². The third-order valence-corrected chi connectivity index (χ3v) is 4.22. The van der Waals surface area contributed by atoms with Gasteiger partial charge >= 0.3 is 0 Å². The Bertz CT molecular complexity index is 630. The predicted molar refractivity (Wildman–Crippen MR) is 86.3 cm³/mol. The molecule has 110 valence electrons. The lowest BCUT2D eigenvalue weighted by molar-refractivity contribution is -0.117. The Morgan fingerprint density at radius 1 is 1.19 bits per heavy atom. The van der Waals surface area contributed by atoms with E-state index in [-0.39, 0.29) is 11.7 Å². The van der Waals surface area contributed by atoms with Gasteiger partial charge in [-0.15, -0.1) is 11.8 Å². The first-order valence-electron chi connectivity index (χ1n) is 6.78. The molecule has 21 heavy (non-hydrogen) atoms. The number of thioether (sulfide) groups is 1. The lowest BCUT2D eigenvalue weighted by Gasteiger charge is -2.17. The normalized spacial score (nSPS) is 10.4. The first kappa shape index (κ1) is 15.6. The molecule has 0 bridgehead atoms. The van der Waals surface area contributed by atoms with E-state index in [1.807, 2.05) is 31.2 Å². The molecule has 1 amide bonds. The van der Waals surface area contributed by atoms with E-state index in [1.54, 1.807) is 30.1 Å². The minimum atomic E-state index is -0.234. The largest absolute Gasteiger partial charge is 0.315 e. The predicted octanol–water partition coefficient (Wildman–Crippen LogP) is 4.28. The molecule has 0 radical (unpaired) electrons. The van der Waals surface area contributed by atoms with Crippen LogP contribution in [0.1, 0.15) is 12.0 Å². The van der Waals surface area contributed by atoms with Crippen molar-refractivity contribution in [1.29, 1.82) is 0 Å². The summed E-state index contributed by atoms with van der Waals surface area (Å²) >= 11 is 1.37. The summed E-state index contributed by atoms with van der Waals surface area (Å²) in [6, 6.07) is 14.4. The van der Waals surface area contributed by atoms with E-state index in [2.05, 4.69) is 0 Å². The van der Waals surface area contributed by atoms with Crippen LogP contribution >= 0.6 is 11.8 Å². The second-order valence-corrected chi connectivity index (χ2v) is 5.96. The van der Waals surface area contributed by atoms with E-state index in [0.29, 0.717) is 17.1 Å². The van der Waals surface area contributed by atoms with Crippen LogP contribution < -0.4 is 4.90 Å². The average molecular weight is 303 g/mol. The van der Waals surface area contributed by atoms with Crippen molar-refractivity contribution in [1.82, 2.24) is 0 Å². The number of halogens is 1. The van der Waals surface area contributed by atoms with Crippen molar-refractivity contribution in [3.8, 4) is 0 Å². The van der Waals surface area contributed by atoms with Crippen molar-refractivity contribution in [2.75, 3.05) is 17.7 Å². The SMILES string of the molecule is Cc1cccc(N(C)C(=O)CCSc2ccccc2F)c1. The van der Waals surface area contributed by atoms with Crippen LogP contribution in [0, 0.1) is 12.7 Å². The Kier molecular flexibility index (Phi) is 5.39. The molecule has 2 nitrogen and oxygen atoms in total. The maximum absolute atomic E-state index is 13.5. The minimum absolute atomic E-state index is 0.0319. The maximum atomic E-state index is 13.5. The fourth-order valence-electron chi connectivity index (χ4n) is 1.96. The highest BCUT2D eigenvalue weighted by Crippen LogP contribution is 2.22. The summed E-state index contributed by atoms with van der Waals surface area (Å²) in [4.78, 5) is 14.4. The molecule has 0 aliphatic rings. The maximum Gasteiger partial charge on any atom is 0.227 e. The molecule has 0 aromatic heterocycles. The molecule has 0 unspecified atom stereocenters. The molecule has 0 heterocycles.